The fourth-order valence-electron chi connectivity index (χ4n) is 9.87. The van der Waals surface area contributed by atoms with Gasteiger partial charge in [0.25, 0.3) is 27.7 Å². The standard InChI is InChI=1S/C27H21F2N7O3S.C21H17F2N7O.C10H7BN4.C10H10BrN3O.C6H4BrNO2.C6H14O2.C4H8N2.C4H9NSi.C3H6O.CH2F2/c1-27(2,16-30)34-25(37)22-10-6-9-21(33-22)18-11-17-12-23(19-14-32-35(15-19)26(28)29)36(24(17)31-13-18)40(38,39)20-7-4-3-5-8-20;1-21(2,11-24)29-19(31)16-5-3-4-15(27-16)13-6-12-7-17(28-18(12)25-8-13)14-9-26-30(10-14)20(22)23;11-8-1-6-2-9(7-3-13-14-4-7)15-10(6)12-5-8;1-10(2,6-12)14-9(15)7-4-3-5-8(11)13-7;7-5-3-1-2-4(8-5)6(9)10;1-5(2,7)6(3,4)8;1-4(2,6)3-5;1-5-6(2,3)4;1-3(2)4;2-1-3/h3-15,26H,1-2H3,(H,34,37);3-10,20H,1-2H3,(H,25,28)(H,29,31);1-5H,(H,12,15)(H,13,14);3-5H,1-2H3,(H,14,15);1-3H,(H,9,10);7-8H,1-4H3;6H2,1-2H3;2-4H3;1-2H3;1H2/i2*1D3;;1D3;;;1D3;;1D3;. The Hall–Kier alpha value is -14.8. The van der Waals surface area contributed by atoms with Gasteiger partial charge in [-0.25, -0.2) is 70.2 Å². The number of rotatable bonds is 17. The van der Waals surface area contributed by atoms with Crippen LogP contribution in [0.5, 0.6) is 0 Å². The molecule has 35 nitrogen and oxygen atoms in total. The Kier molecular flexibility index (Phi) is 33.0. The van der Waals surface area contributed by atoms with Gasteiger partial charge in [0.1, 0.15) is 73.5 Å². The zero-order valence-electron chi connectivity index (χ0n) is 90.2. The number of halogens is 8. The number of nitriles is 4. The zero-order valence-corrected chi connectivity index (χ0v) is 80.2. The van der Waals surface area contributed by atoms with Crippen molar-refractivity contribution in [1.29, 1.82) is 21.0 Å². The van der Waals surface area contributed by atoms with Crippen molar-refractivity contribution in [2.45, 2.75) is 168 Å². The normalized spacial score (nSPS) is 14.6. The van der Waals surface area contributed by atoms with E-state index in [-0.39, 0.29) is 50.3 Å². The largest absolute Gasteiger partial charge is 0.477 e. The van der Waals surface area contributed by atoms with E-state index >= 15 is 0 Å². The second kappa shape index (κ2) is 50.1. The number of nitrogens with two attached hydrogens (primary N) is 1. The molecule has 0 bridgehead atoms. The topological polar surface area (TPSA) is 533 Å². The maximum atomic E-state index is 13.8. The molecule has 4 unspecified atom stereocenters. The van der Waals surface area contributed by atoms with Crippen molar-refractivity contribution < 1.29 is 94.6 Å². The molecule has 3 amide bonds. The van der Waals surface area contributed by atoms with E-state index in [2.05, 4.69) is 118 Å². The third-order valence-corrected chi connectivity index (χ3v) is 20.4. The number of hydrogen-bond donors (Lipinski definition) is 10. The van der Waals surface area contributed by atoms with Crippen molar-refractivity contribution in [3.8, 4) is 80.6 Å². The number of carbonyl (C=O) groups excluding carboxylic acids is 4. The lowest BCUT2D eigenvalue weighted by Gasteiger charge is -2.31. The van der Waals surface area contributed by atoms with Crippen molar-refractivity contribution in [3.05, 3.63) is 238 Å². The molecule has 46 heteroatoms. The first-order valence-electron chi connectivity index (χ1n) is 47.0. The molecule has 13 aromatic heterocycles. The molecule has 4 atom stereocenters. The van der Waals surface area contributed by atoms with Gasteiger partial charge in [-0.3, -0.25) is 26.1 Å². The second-order valence-corrected chi connectivity index (χ2v) is 39.2. The summed E-state index contributed by atoms with van der Waals surface area (Å²) in [6.07, 6.45) is 12.8. The quantitative estimate of drug-likeness (QED) is 0.0175. The predicted molar refractivity (Wildman–Crippen MR) is 517 cm³/mol. The molecule has 14 aromatic rings. The average Bonchev–Trinajstić information content (AvgIpc) is 1.59. The molecule has 1 aromatic carbocycles. The number of aromatic nitrogens is 16. The number of fused-ring (bicyclic) bond motifs is 3. The first kappa shape index (κ1) is 91.0. The van der Waals surface area contributed by atoms with E-state index in [9.17, 15) is 69.3 Å². The van der Waals surface area contributed by atoms with Gasteiger partial charge in [0.15, 0.2) is 5.65 Å². The molecule has 0 saturated heterocycles. The number of aromatic amines is 3. The summed E-state index contributed by atoms with van der Waals surface area (Å²) < 4.78 is 211. The van der Waals surface area contributed by atoms with E-state index in [1.165, 1.54) is 86.3 Å². The number of benzene rings is 1. The molecule has 720 valence electrons. The van der Waals surface area contributed by atoms with Crippen molar-refractivity contribution in [3.63, 3.8) is 0 Å². The Bertz CT molecular complexity index is 7520. The third kappa shape index (κ3) is 36.1. The SMILES string of the molecule is CC(C)(O)C(C)(C)O.FCF.O=C(O)c1cccc(Br)n1.[2H]C([2H])([2H])C(C)(C#N)NC(=O)c1cccc(-c2cnc3[nH]c(-c4cnn(C(F)F)c4)cc3c2)n1.[2H]C([2H])([2H])C(C)(C#N)NC(=O)c1cccc(-c2cnc3c(c2)cc(-c2cnn(C(F)F)c2)n3S(=O)(=O)c2ccccc2)n1.[2H]C([2H])([2H])C(C)(C#N)NC(=O)c1cccc(Br)n1.[2H]C([2H])([2H])C(C)(N)C#N.[2H]C([2H])([2H])C(C)=O.[B]c1cnc2[nH]c(-c3cn[nH]c3)cc2c1.[C-]#[N+][Si](C)(C)C. The fraction of sp³-hybridized carbons (Fsp3) is 0.283. The highest BCUT2D eigenvalue weighted by atomic mass is 79.9. The number of nitrogens with zero attached hydrogens (tertiary/aromatic N) is 18. The number of carbonyl (C=O) groups is 5. The minimum atomic E-state index is -4.25. The highest BCUT2D eigenvalue weighted by molar-refractivity contribution is 9.10. The highest BCUT2D eigenvalue weighted by Gasteiger charge is 2.33. The number of hydrogen-bond acceptors (Lipinski definition) is 24. The Morgan fingerprint density at radius 2 is 0.986 bits per heavy atom. The minimum absolute atomic E-state index is 0.00348. The maximum absolute atomic E-state index is 13.8. The summed E-state index contributed by atoms with van der Waals surface area (Å²) in [7, 11) is 0.0666. The number of ketones is 1. The predicted octanol–water partition coefficient (Wildman–Crippen LogP) is 16.7. The van der Waals surface area contributed by atoms with Gasteiger partial charge in [-0.05, 0) is 219 Å². The second-order valence-electron chi connectivity index (χ2n) is 31.2. The van der Waals surface area contributed by atoms with Crippen LogP contribution in [0, 0.1) is 51.9 Å². The van der Waals surface area contributed by atoms with Crippen LogP contribution in [0.2, 0.25) is 19.6 Å². The average molecular weight is 2070 g/mol. The summed E-state index contributed by atoms with van der Waals surface area (Å²) in [5.74, 6) is -4.18. The van der Waals surface area contributed by atoms with Crippen LogP contribution in [0.15, 0.2) is 209 Å². The van der Waals surface area contributed by atoms with Crippen molar-refractivity contribution >= 4 is 126 Å². The molecule has 0 aliphatic carbocycles. The molecule has 0 aliphatic heterocycles. The molecular formula is C92H98BBr2F6N25O10SSi. The molecule has 0 spiro atoms. The summed E-state index contributed by atoms with van der Waals surface area (Å²) in [6.45, 7) is 4.13. The lowest BCUT2D eigenvalue weighted by Crippen LogP contribution is -2.44. The number of carboxylic acid groups (broad SMARTS) is 1. The lowest BCUT2D eigenvalue weighted by atomic mass is 9.90. The molecule has 13 heterocycles. The van der Waals surface area contributed by atoms with Crippen LogP contribution in [0.3, 0.4) is 0 Å². The van der Waals surface area contributed by atoms with E-state index < -0.39 is 135 Å². The zero-order chi connectivity index (χ0) is 116. The third-order valence-electron chi connectivity index (χ3n) is 17.1. The number of aliphatic hydroxyl groups is 2. The van der Waals surface area contributed by atoms with Gasteiger partial charge >= 0.3 is 27.3 Å². The Morgan fingerprint density at radius 1 is 0.572 bits per heavy atom. The molecule has 2 radical (unpaired) electrons. The van der Waals surface area contributed by atoms with E-state index in [1.54, 1.807) is 137 Å². The van der Waals surface area contributed by atoms with Crippen LogP contribution in [-0.2, 0) is 14.8 Å². The number of H-pyrrole nitrogens is 3. The van der Waals surface area contributed by atoms with Crippen LogP contribution in [0.25, 0.3) is 93.9 Å². The monoisotopic (exact) mass is 2070 g/mol. The first-order valence-corrected chi connectivity index (χ1v) is 45.9. The Labute approximate surface area is 831 Å². The fourth-order valence-corrected chi connectivity index (χ4v) is 12.1. The number of pyridine rings is 7. The number of Topliss-reactive ketones (excluding diaryl/α,β-unsaturated/α-hetero) is 1. The van der Waals surface area contributed by atoms with Gasteiger partial charge in [0.2, 0.25) is 6.93 Å². The Balaban J connectivity index is 0.000000329. The highest BCUT2D eigenvalue weighted by Crippen LogP contribution is 2.35. The lowest BCUT2D eigenvalue weighted by molar-refractivity contribution is -0.115. The van der Waals surface area contributed by atoms with Crippen LogP contribution in [0.1, 0.15) is 172 Å². The van der Waals surface area contributed by atoms with E-state index in [0.717, 1.165) is 66.4 Å². The Morgan fingerprint density at radius 3 is 1.37 bits per heavy atom. The number of alkyl halides is 6. The van der Waals surface area contributed by atoms with E-state index in [4.69, 9.17) is 66.6 Å². The summed E-state index contributed by atoms with van der Waals surface area (Å²) in [5.41, 5.74) is 1.71. The van der Waals surface area contributed by atoms with Crippen molar-refractivity contribution in [2.75, 3.05) is 6.93 Å². The number of aromatic carboxylic acids is 1. The van der Waals surface area contributed by atoms with Crippen molar-refractivity contribution in [1.82, 2.24) is 94.5 Å². The van der Waals surface area contributed by atoms with Crippen LogP contribution in [0.4, 0.5) is 26.3 Å². The molecule has 14 rings (SSSR count). The molecule has 0 fully saturated rings. The van der Waals surface area contributed by atoms with Crippen LogP contribution < -0.4 is 27.1 Å². The molecule has 11 N–H and O–H groups in total. The minimum Gasteiger partial charge on any atom is -0.477 e. The van der Waals surface area contributed by atoms with Gasteiger partial charge in [-0.2, -0.15) is 53.9 Å². The molecule has 138 heavy (non-hydrogen) atoms. The van der Waals surface area contributed by atoms with Gasteiger partial charge in [-0.1, -0.05) is 54.0 Å². The van der Waals surface area contributed by atoms with Gasteiger partial charge in [0, 0.05) is 121 Å². The number of nitrogens with one attached hydrogen (secondary N) is 6. The van der Waals surface area contributed by atoms with Gasteiger partial charge in [0.05, 0.1) is 93.0 Å². The van der Waals surface area contributed by atoms with E-state index in [1.807, 2.05) is 38.0 Å². The summed E-state index contributed by atoms with van der Waals surface area (Å²) in [4.78, 5) is 92.7. The van der Waals surface area contributed by atoms with Gasteiger partial charge in [-0.15, -0.1) is 0 Å². The molecule has 0 aliphatic rings. The number of amides is 3. The van der Waals surface area contributed by atoms with Crippen LogP contribution >= 0.6 is 31.9 Å². The summed E-state index contributed by atoms with van der Waals surface area (Å²) in [5, 5.41) is 84.9. The number of carboxylic acids is 1. The summed E-state index contributed by atoms with van der Waals surface area (Å²) >= 11 is 6.16. The van der Waals surface area contributed by atoms with Gasteiger partial charge < -0.3 is 56.3 Å². The van der Waals surface area contributed by atoms with Crippen LogP contribution in [-0.4, -0.2) is 188 Å². The smallest absolute Gasteiger partial charge is 0.433 e. The first-order chi connectivity index (χ1) is 70.4. The summed E-state index contributed by atoms with van der Waals surface area (Å²) in [6, 6.07) is 42.6. The molecule has 0 saturated carbocycles. The van der Waals surface area contributed by atoms with Crippen molar-refractivity contribution in [2.24, 2.45) is 5.73 Å². The van der Waals surface area contributed by atoms with E-state index in [0.29, 0.717) is 68.5 Å². The molecular weight excluding hydrogens is 1960 g/mol. The maximum Gasteiger partial charge on any atom is 0.433 e.